The van der Waals surface area contributed by atoms with Gasteiger partial charge in [0.15, 0.2) is 11.5 Å². The molecule has 0 spiro atoms. The summed E-state index contributed by atoms with van der Waals surface area (Å²) in [5.74, 6) is 2.36. The summed E-state index contributed by atoms with van der Waals surface area (Å²) >= 11 is 0. The average molecular weight is 402 g/mol. The van der Waals surface area contributed by atoms with E-state index in [2.05, 4.69) is 11.0 Å². The van der Waals surface area contributed by atoms with Crippen molar-refractivity contribution in [2.45, 2.75) is 45.6 Å². The molecule has 1 aliphatic rings. The molecule has 0 saturated carbocycles. The SMILES string of the molecule is COc1cccc(CN(Cc2ccc3c(c2)OCO3)C[C@@H](O)COC(C)(C)C)c1. The third-order valence-electron chi connectivity index (χ3n) is 4.56. The number of hydrogen-bond acceptors (Lipinski definition) is 6. The fourth-order valence-corrected chi connectivity index (χ4v) is 3.21. The van der Waals surface area contributed by atoms with E-state index in [4.69, 9.17) is 18.9 Å². The van der Waals surface area contributed by atoms with Crippen LogP contribution in [0.4, 0.5) is 0 Å². The Hall–Kier alpha value is -2.28. The number of ether oxygens (including phenoxy) is 4. The summed E-state index contributed by atoms with van der Waals surface area (Å²) in [5.41, 5.74) is 1.94. The highest BCUT2D eigenvalue weighted by molar-refractivity contribution is 5.44. The molecule has 0 fully saturated rings. The second kappa shape index (κ2) is 9.48. The Morgan fingerprint density at radius 3 is 2.48 bits per heavy atom. The number of hydrogen-bond donors (Lipinski definition) is 1. The fourth-order valence-electron chi connectivity index (χ4n) is 3.21. The van der Waals surface area contributed by atoms with E-state index in [9.17, 15) is 5.11 Å². The van der Waals surface area contributed by atoms with Crippen molar-refractivity contribution in [1.29, 1.82) is 0 Å². The number of aliphatic hydroxyl groups excluding tert-OH is 1. The lowest BCUT2D eigenvalue weighted by Gasteiger charge is -2.27. The first kappa shape index (κ1) is 21.4. The molecular weight excluding hydrogens is 370 g/mol. The molecule has 158 valence electrons. The summed E-state index contributed by atoms with van der Waals surface area (Å²) < 4.78 is 22.0. The molecule has 3 rings (SSSR count). The first-order chi connectivity index (χ1) is 13.8. The van der Waals surface area contributed by atoms with E-state index >= 15 is 0 Å². The van der Waals surface area contributed by atoms with Crippen LogP contribution in [0.15, 0.2) is 42.5 Å². The van der Waals surface area contributed by atoms with Crippen LogP contribution in [0.3, 0.4) is 0 Å². The summed E-state index contributed by atoms with van der Waals surface area (Å²) in [6, 6.07) is 13.9. The Labute approximate surface area is 173 Å². The van der Waals surface area contributed by atoms with Crippen molar-refractivity contribution in [2.24, 2.45) is 0 Å². The van der Waals surface area contributed by atoms with E-state index in [0.717, 1.165) is 28.4 Å². The Morgan fingerprint density at radius 1 is 1.03 bits per heavy atom. The summed E-state index contributed by atoms with van der Waals surface area (Å²) in [6.07, 6.45) is -0.589. The normalized spacial score (nSPS) is 14.3. The Kier molecular flexibility index (Phi) is 7.00. The maximum Gasteiger partial charge on any atom is 0.231 e. The molecule has 0 aliphatic carbocycles. The van der Waals surface area contributed by atoms with Gasteiger partial charge in [0.25, 0.3) is 0 Å². The van der Waals surface area contributed by atoms with Gasteiger partial charge in [0.1, 0.15) is 5.75 Å². The van der Waals surface area contributed by atoms with Crippen molar-refractivity contribution in [3.05, 3.63) is 53.6 Å². The lowest BCUT2D eigenvalue weighted by molar-refractivity contribution is -0.0572. The molecule has 1 aliphatic heterocycles. The van der Waals surface area contributed by atoms with Gasteiger partial charge in [-0.2, -0.15) is 0 Å². The summed E-state index contributed by atoms with van der Waals surface area (Å²) in [5, 5.41) is 10.6. The molecule has 1 heterocycles. The van der Waals surface area contributed by atoms with Gasteiger partial charge in [-0.3, -0.25) is 4.90 Å². The first-order valence-corrected chi connectivity index (χ1v) is 9.88. The number of fused-ring (bicyclic) bond motifs is 1. The Balaban J connectivity index is 1.71. The largest absolute Gasteiger partial charge is 0.497 e. The standard InChI is InChI=1S/C23H31NO5/c1-23(2,3)29-15-19(25)14-24(12-17-6-5-7-20(10-17)26-4)13-18-8-9-21-22(11-18)28-16-27-21/h5-11,19,25H,12-16H2,1-4H3/t19-/m1/s1. The van der Waals surface area contributed by atoms with Crippen molar-refractivity contribution in [3.8, 4) is 17.2 Å². The number of benzene rings is 2. The maximum atomic E-state index is 10.6. The second-order valence-corrected chi connectivity index (χ2v) is 8.29. The third kappa shape index (κ3) is 6.63. The van der Waals surface area contributed by atoms with Crippen molar-refractivity contribution in [2.75, 3.05) is 27.1 Å². The zero-order valence-corrected chi connectivity index (χ0v) is 17.7. The van der Waals surface area contributed by atoms with E-state index in [0.29, 0.717) is 26.2 Å². The molecule has 6 heteroatoms. The van der Waals surface area contributed by atoms with Crippen LogP contribution >= 0.6 is 0 Å². The maximum absolute atomic E-state index is 10.6. The molecule has 0 unspecified atom stereocenters. The molecule has 1 N–H and O–H groups in total. The van der Waals surface area contributed by atoms with Crippen LogP contribution in [-0.4, -0.2) is 48.8 Å². The van der Waals surface area contributed by atoms with Crippen LogP contribution in [0.5, 0.6) is 17.2 Å². The van der Waals surface area contributed by atoms with Crippen molar-refractivity contribution in [1.82, 2.24) is 4.90 Å². The summed E-state index contributed by atoms with van der Waals surface area (Å²) in [4.78, 5) is 2.20. The molecule has 6 nitrogen and oxygen atoms in total. The molecule has 0 amide bonds. The Bertz CT molecular complexity index is 802. The molecule has 2 aromatic rings. The van der Waals surface area contributed by atoms with Gasteiger partial charge < -0.3 is 24.1 Å². The Morgan fingerprint density at radius 2 is 1.76 bits per heavy atom. The molecule has 2 aromatic carbocycles. The van der Waals surface area contributed by atoms with Crippen LogP contribution in [-0.2, 0) is 17.8 Å². The van der Waals surface area contributed by atoms with E-state index in [1.54, 1.807) is 7.11 Å². The van der Waals surface area contributed by atoms with Crippen molar-refractivity contribution < 1.29 is 24.1 Å². The van der Waals surface area contributed by atoms with Crippen LogP contribution in [0.2, 0.25) is 0 Å². The first-order valence-electron chi connectivity index (χ1n) is 9.88. The predicted molar refractivity (Wildman–Crippen MR) is 111 cm³/mol. The van der Waals surface area contributed by atoms with Crippen LogP contribution in [0, 0.1) is 0 Å². The predicted octanol–water partition coefficient (Wildman–Crippen LogP) is 3.60. The second-order valence-electron chi connectivity index (χ2n) is 8.29. The zero-order chi connectivity index (χ0) is 20.9. The lowest BCUT2D eigenvalue weighted by atomic mass is 10.1. The topological polar surface area (TPSA) is 60.4 Å². The molecular formula is C23H31NO5. The fraction of sp³-hybridized carbons (Fsp3) is 0.478. The highest BCUT2D eigenvalue weighted by atomic mass is 16.7. The molecule has 1 atom stereocenters. The van der Waals surface area contributed by atoms with Crippen LogP contribution in [0.1, 0.15) is 31.9 Å². The monoisotopic (exact) mass is 401 g/mol. The van der Waals surface area contributed by atoms with Gasteiger partial charge in [0, 0.05) is 19.6 Å². The highest BCUT2D eigenvalue weighted by Gasteiger charge is 2.19. The quantitative estimate of drug-likeness (QED) is 0.693. The third-order valence-corrected chi connectivity index (χ3v) is 4.56. The minimum atomic E-state index is -0.589. The van der Waals surface area contributed by atoms with Crippen molar-refractivity contribution in [3.63, 3.8) is 0 Å². The number of aliphatic hydroxyl groups is 1. The van der Waals surface area contributed by atoms with Gasteiger partial charge >= 0.3 is 0 Å². The van der Waals surface area contributed by atoms with Crippen LogP contribution < -0.4 is 14.2 Å². The summed E-state index contributed by atoms with van der Waals surface area (Å²) in [7, 11) is 1.66. The van der Waals surface area contributed by atoms with Crippen molar-refractivity contribution >= 4 is 0 Å². The van der Waals surface area contributed by atoms with E-state index in [1.165, 1.54) is 0 Å². The van der Waals surface area contributed by atoms with E-state index in [-0.39, 0.29) is 12.4 Å². The highest BCUT2D eigenvalue weighted by Crippen LogP contribution is 2.33. The van der Waals surface area contributed by atoms with E-state index < -0.39 is 6.10 Å². The number of methoxy groups -OCH3 is 1. The number of nitrogens with zero attached hydrogens (tertiary/aromatic N) is 1. The smallest absolute Gasteiger partial charge is 0.231 e. The minimum absolute atomic E-state index is 0.259. The lowest BCUT2D eigenvalue weighted by Crippen LogP contribution is -2.36. The molecule has 0 aromatic heterocycles. The summed E-state index contributed by atoms with van der Waals surface area (Å²) in [6.45, 7) is 8.34. The van der Waals surface area contributed by atoms with Gasteiger partial charge in [-0.15, -0.1) is 0 Å². The van der Waals surface area contributed by atoms with Gasteiger partial charge in [-0.1, -0.05) is 18.2 Å². The molecule has 29 heavy (non-hydrogen) atoms. The van der Waals surface area contributed by atoms with Gasteiger partial charge in [0.2, 0.25) is 6.79 Å². The molecule has 0 bridgehead atoms. The van der Waals surface area contributed by atoms with E-state index in [1.807, 2.05) is 57.2 Å². The minimum Gasteiger partial charge on any atom is -0.497 e. The van der Waals surface area contributed by atoms with Crippen LogP contribution in [0.25, 0.3) is 0 Å². The molecule has 0 radical (unpaired) electrons. The van der Waals surface area contributed by atoms with Gasteiger partial charge in [-0.25, -0.2) is 0 Å². The molecule has 0 saturated heterocycles. The average Bonchev–Trinajstić information content (AvgIpc) is 3.14. The van der Waals surface area contributed by atoms with Gasteiger partial charge in [0.05, 0.1) is 25.4 Å². The zero-order valence-electron chi connectivity index (χ0n) is 17.7. The van der Waals surface area contributed by atoms with Gasteiger partial charge in [-0.05, 0) is 56.2 Å². The number of rotatable bonds is 9.